The van der Waals surface area contributed by atoms with E-state index in [4.69, 9.17) is 4.42 Å². The predicted octanol–water partition coefficient (Wildman–Crippen LogP) is 5.17. The molecule has 0 saturated heterocycles. The fourth-order valence-electron chi connectivity index (χ4n) is 3.30. The first kappa shape index (κ1) is 19.3. The molecule has 7 heteroatoms. The minimum atomic E-state index is -0.369. The van der Waals surface area contributed by atoms with Crippen molar-refractivity contribution < 1.29 is 13.6 Å². The number of ketones is 1. The van der Waals surface area contributed by atoms with Gasteiger partial charge in [0, 0.05) is 22.4 Å². The number of rotatable bonds is 5. The Morgan fingerprint density at radius 2 is 2.10 bits per heavy atom. The van der Waals surface area contributed by atoms with E-state index in [-0.39, 0.29) is 29.6 Å². The molecule has 29 heavy (non-hydrogen) atoms. The van der Waals surface area contributed by atoms with E-state index in [2.05, 4.69) is 4.98 Å². The number of aryl methyl sites for hydroxylation is 1. The number of Topliss-reactive ketones (excluding diaryl/α,β-unsaturated/α-hetero) is 1. The van der Waals surface area contributed by atoms with E-state index >= 15 is 0 Å². The van der Waals surface area contributed by atoms with Crippen molar-refractivity contribution in [2.24, 2.45) is 0 Å². The quantitative estimate of drug-likeness (QED) is 0.426. The van der Waals surface area contributed by atoms with Crippen molar-refractivity contribution in [1.29, 1.82) is 0 Å². The van der Waals surface area contributed by atoms with Crippen LogP contribution in [0.5, 0.6) is 0 Å². The maximum Gasteiger partial charge on any atom is 0.263 e. The molecule has 0 amide bonds. The summed E-state index contributed by atoms with van der Waals surface area (Å²) in [7, 11) is 0. The largest absolute Gasteiger partial charge is 0.464 e. The Bertz CT molecular complexity index is 1270. The van der Waals surface area contributed by atoms with Gasteiger partial charge in [0.15, 0.2) is 5.78 Å². The lowest BCUT2D eigenvalue weighted by Crippen LogP contribution is -2.29. The molecule has 148 valence electrons. The fourth-order valence-corrected chi connectivity index (χ4v) is 4.22. The number of benzene rings is 1. The van der Waals surface area contributed by atoms with Gasteiger partial charge in [-0.15, -0.1) is 11.3 Å². The third kappa shape index (κ3) is 3.42. The van der Waals surface area contributed by atoms with E-state index in [1.807, 2.05) is 19.2 Å². The number of aromatic nitrogens is 2. The number of hydrogen-bond acceptors (Lipinski definition) is 5. The summed E-state index contributed by atoms with van der Waals surface area (Å²) in [6, 6.07) is 7.75. The molecule has 0 saturated carbocycles. The smallest absolute Gasteiger partial charge is 0.263 e. The third-order valence-electron chi connectivity index (χ3n) is 4.81. The van der Waals surface area contributed by atoms with Crippen LogP contribution in [-0.2, 0) is 6.54 Å². The molecular weight excluding hydrogens is 391 g/mol. The van der Waals surface area contributed by atoms with Crippen molar-refractivity contribution in [1.82, 2.24) is 9.55 Å². The van der Waals surface area contributed by atoms with Gasteiger partial charge in [-0.3, -0.25) is 14.2 Å². The molecule has 0 N–H and O–H groups in total. The summed E-state index contributed by atoms with van der Waals surface area (Å²) in [5.74, 6) is 0.435. The molecule has 3 heterocycles. The summed E-state index contributed by atoms with van der Waals surface area (Å²) in [6.45, 7) is 5.30. The SMILES string of the molecule is Cc1cc(C(=O)Cn2c(C(C)C)nc3scc(-c4ccco4)c3c2=O)ccc1F. The predicted molar refractivity (Wildman–Crippen MR) is 111 cm³/mol. The van der Waals surface area contributed by atoms with Crippen LogP contribution in [0.15, 0.2) is 51.2 Å². The van der Waals surface area contributed by atoms with Gasteiger partial charge in [-0.1, -0.05) is 13.8 Å². The highest BCUT2D eigenvalue weighted by Crippen LogP contribution is 2.32. The van der Waals surface area contributed by atoms with Crippen LogP contribution in [0.2, 0.25) is 0 Å². The number of fused-ring (bicyclic) bond motifs is 1. The molecule has 0 unspecified atom stereocenters. The van der Waals surface area contributed by atoms with E-state index in [0.29, 0.717) is 38.5 Å². The minimum Gasteiger partial charge on any atom is -0.464 e. The van der Waals surface area contributed by atoms with Crippen molar-refractivity contribution in [3.63, 3.8) is 0 Å². The molecule has 4 rings (SSSR count). The van der Waals surface area contributed by atoms with Crippen molar-refractivity contribution >= 4 is 27.3 Å². The second-order valence-electron chi connectivity index (χ2n) is 7.21. The number of carbonyl (C=O) groups excluding carboxylic acids is 1. The van der Waals surface area contributed by atoms with Crippen LogP contribution in [0.25, 0.3) is 21.5 Å². The van der Waals surface area contributed by atoms with Gasteiger partial charge < -0.3 is 4.42 Å². The number of hydrogen-bond donors (Lipinski definition) is 0. The summed E-state index contributed by atoms with van der Waals surface area (Å²) < 4.78 is 20.4. The average molecular weight is 410 g/mol. The zero-order chi connectivity index (χ0) is 20.7. The lowest BCUT2D eigenvalue weighted by molar-refractivity contribution is 0.0969. The summed E-state index contributed by atoms with van der Waals surface area (Å²) in [5.41, 5.74) is 1.14. The molecule has 0 bridgehead atoms. The minimum absolute atomic E-state index is 0.0518. The Morgan fingerprint density at radius 3 is 2.76 bits per heavy atom. The molecule has 0 atom stereocenters. The van der Waals surface area contributed by atoms with Gasteiger partial charge in [0.1, 0.15) is 22.2 Å². The monoisotopic (exact) mass is 410 g/mol. The first-order chi connectivity index (χ1) is 13.9. The normalized spacial score (nSPS) is 11.5. The number of halogens is 1. The van der Waals surface area contributed by atoms with E-state index in [0.717, 1.165) is 0 Å². The van der Waals surface area contributed by atoms with Gasteiger partial charge >= 0.3 is 0 Å². The fraction of sp³-hybridized carbons (Fsp3) is 0.227. The molecule has 1 aromatic carbocycles. The van der Waals surface area contributed by atoms with Crippen molar-refractivity contribution in [2.45, 2.75) is 33.2 Å². The molecule has 0 aliphatic heterocycles. The lowest BCUT2D eigenvalue weighted by Gasteiger charge is -2.15. The maximum absolute atomic E-state index is 13.6. The van der Waals surface area contributed by atoms with Crippen LogP contribution in [0.4, 0.5) is 4.39 Å². The Hall–Kier alpha value is -3.06. The topological polar surface area (TPSA) is 65.1 Å². The highest BCUT2D eigenvalue weighted by molar-refractivity contribution is 7.17. The first-order valence-corrected chi connectivity index (χ1v) is 10.1. The summed E-state index contributed by atoms with van der Waals surface area (Å²) in [6.07, 6.45) is 1.55. The third-order valence-corrected chi connectivity index (χ3v) is 5.68. The van der Waals surface area contributed by atoms with E-state index in [9.17, 15) is 14.0 Å². The Balaban J connectivity index is 1.85. The van der Waals surface area contributed by atoms with E-state index in [1.54, 1.807) is 25.3 Å². The zero-order valence-corrected chi connectivity index (χ0v) is 17.0. The second-order valence-corrected chi connectivity index (χ2v) is 8.07. The molecule has 0 aliphatic rings. The lowest BCUT2D eigenvalue weighted by atomic mass is 10.1. The van der Waals surface area contributed by atoms with Gasteiger partial charge in [0.05, 0.1) is 18.2 Å². The Kier molecular flexibility index (Phi) is 4.92. The van der Waals surface area contributed by atoms with Gasteiger partial charge in [-0.2, -0.15) is 0 Å². The second kappa shape index (κ2) is 7.40. The molecule has 0 radical (unpaired) electrons. The molecule has 0 aliphatic carbocycles. The molecule has 5 nitrogen and oxygen atoms in total. The molecular formula is C22H19FN2O3S. The van der Waals surface area contributed by atoms with Gasteiger partial charge in [0.2, 0.25) is 0 Å². The molecule has 0 spiro atoms. The van der Waals surface area contributed by atoms with Crippen LogP contribution in [0, 0.1) is 12.7 Å². The van der Waals surface area contributed by atoms with E-state index < -0.39 is 0 Å². The summed E-state index contributed by atoms with van der Waals surface area (Å²) in [4.78, 5) is 31.6. The number of thiophene rings is 1. The number of carbonyl (C=O) groups is 1. The molecule has 3 aromatic heterocycles. The zero-order valence-electron chi connectivity index (χ0n) is 16.2. The van der Waals surface area contributed by atoms with Crippen LogP contribution < -0.4 is 5.56 Å². The van der Waals surface area contributed by atoms with Crippen LogP contribution in [0.1, 0.15) is 41.5 Å². The van der Waals surface area contributed by atoms with Crippen molar-refractivity contribution in [3.8, 4) is 11.3 Å². The molecule has 4 aromatic rings. The Morgan fingerprint density at radius 1 is 1.31 bits per heavy atom. The van der Waals surface area contributed by atoms with Gasteiger partial charge in [0.25, 0.3) is 5.56 Å². The summed E-state index contributed by atoms with van der Waals surface area (Å²) in [5, 5.41) is 2.29. The van der Waals surface area contributed by atoms with Gasteiger partial charge in [-0.25, -0.2) is 9.37 Å². The standard InChI is InChI=1S/C22H19FN2O3S/c1-12(2)20-24-21-19(15(11-29-21)18-5-4-8-28-18)22(27)25(20)10-17(26)14-6-7-16(23)13(3)9-14/h4-9,11-12H,10H2,1-3H3. The maximum atomic E-state index is 13.6. The number of furan rings is 1. The average Bonchev–Trinajstić information content (AvgIpc) is 3.35. The summed E-state index contributed by atoms with van der Waals surface area (Å²) >= 11 is 1.37. The highest BCUT2D eigenvalue weighted by atomic mass is 32.1. The highest BCUT2D eigenvalue weighted by Gasteiger charge is 2.21. The molecule has 0 fully saturated rings. The van der Waals surface area contributed by atoms with Crippen molar-refractivity contribution in [2.75, 3.05) is 0 Å². The number of nitrogens with zero attached hydrogens (tertiary/aromatic N) is 2. The Labute approximate surface area is 170 Å². The van der Waals surface area contributed by atoms with Crippen LogP contribution in [-0.4, -0.2) is 15.3 Å². The van der Waals surface area contributed by atoms with Crippen LogP contribution >= 0.6 is 11.3 Å². The van der Waals surface area contributed by atoms with E-state index in [1.165, 1.54) is 34.1 Å². The first-order valence-electron chi connectivity index (χ1n) is 9.22. The van der Waals surface area contributed by atoms with Gasteiger partial charge in [-0.05, 0) is 42.8 Å². The van der Waals surface area contributed by atoms with Crippen LogP contribution in [0.3, 0.4) is 0 Å². The van der Waals surface area contributed by atoms with Crippen molar-refractivity contribution in [3.05, 3.63) is 75.1 Å².